The molecule has 3 aliphatic carbocycles. The summed E-state index contributed by atoms with van der Waals surface area (Å²) in [5.41, 5.74) is 3.19. The molecule has 0 saturated heterocycles. The second kappa shape index (κ2) is 7.47. The molecule has 5 rings (SSSR count). The second-order valence-corrected chi connectivity index (χ2v) is 10.2. The second-order valence-electron chi connectivity index (χ2n) is 7.86. The predicted octanol–water partition coefficient (Wildman–Crippen LogP) is 5.70. The first kappa shape index (κ1) is 18.8. The van der Waals surface area contributed by atoms with E-state index in [2.05, 4.69) is 30.1 Å². The molecule has 4 nitrogen and oxygen atoms in total. The topological polar surface area (TPSA) is 44.2 Å². The smallest absolute Gasteiger partial charge is 0.174 e. The van der Waals surface area contributed by atoms with Gasteiger partial charge in [0.15, 0.2) is 15.8 Å². The van der Waals surface area contributed by atoms with Gasteiger partial charge in [0.25, 0.3) is 0 Å². The predicted molar refractivity (Wildman–Crippen MR) is 112 cm³/mol. The average Bonchev–Trinajstić information content (AvgIpc) is 3.16. The first-order valence-corrected chi connectivity index (χ1v) is 11.2. The molecule has 2 unspecified atom stereocenters. The molecule has 0 radical (unpaired) electrons. The molecule has 2 atom stereocenters. The highest BCUT2D eigenvalue weighted by Gasteiger charge is 2.50. The first-order valence-electron chi connectivity index (χ1n) is 9.40. The molecule has 27 heavy (non-hydrogen) atoms. The molecule has 2 bridgehead atoms. The Bertz CT molecular complexity index is 860. The third kappa shape index (κ3) is 3.49. The molecular weight excluding hydrogens is 376 g/mol. The van der Waals surface area contributed by atoms with Crippen molar-refractivity contribution in [3.63, 3.8) is 0 Å². The zero-order valence-corrected chi connectivity index (χ0v) is 18.0. The Morgan fingerprint density at radius 2 is 2.00 bits per heavy atom. The monoisotopic (exact) mass is 402 g/mol. The van der Waals surface area contributed by atoms with Crippen LogP contribution in [0.15, 0.2) is 34.2 Å². The van der Waals surface area contributed by atoms with E-state index in [0.717, 1.165) is 44.7 Å². The number of allylic oxidation sites excluding steroid dienone is 2. The standard InChI is InChI=1S/C21H26N2O2S2/c1-21(2)15-7-5-13(16(21)12-15)9-10-26-20-23-22-19(27-20)14-6-8-17(24-3)18(11-14)25-4/h5-6,8,11,15-16H,7,9-10,12H2,1-4H3. The van der Waals surface area contributed by atoms with E-state index in [1.165, 1.54) is 12.8 Å². The Morgan fingerprint density at radius 1 is 1.19 bits per heavy atom. The number of hydrogen-bond acceptors (Lipinski definition) is 6. The molecule has 1 fully saturated rings. The fourth-order valence-corrected chi connectivity index (χ4v) is 6.27. The summed E-state index contributed by atoms with van der Waals surface area (Å²) in [4.78, 5) is 0. The van der Waals surface area contributed by atoms with Crippen LogP contribution in [0.5, 0.6) is 11.5 Å². The van der Waals surface area contributed by atoms with E-state index in [1.807, 2.05) is 30.0 Å². The SMILES string of the molecule is COc1ccc(-c2nnc(SCCC3=CCC4CC3C4(C)C)s2)cc1OC. The van der Waals surface area contributed by atoms with Gasteiger partial charge in [-0.3, -0.25) is 0 Å². The number of methoxy groups -OCH3 is 2. The molecule has 1 aromatic carbocycles. The number of rotatable bonds is 7. The maximum Gasteiger partial charge on any atom is 0.174 e. The van der Waals surface area contributed by atoms with Crippen LogP contribution in [0.3, 0.4) is 0 Å². The van der Waals surface area contributed by atoms with Crippen LogP contribution in [-0.2, 0) is 0 Å². The third-order valence-corrected chi connectivity index (χ3v) is 8.34. The summed E-state index contributed by atoms with van der Waals surface area (Å²) < 4.78 is 11.7. The van der Waals surface area contributed by atoms with Gasteiger partial charge in [-0.2, -0.15) is 0 Å². The first-order chi connectivity index (χ1) is 13.0. The fourth-order valence-electron chi connectivity index (χ4n) is 4.37. The minimum atomic E-state index is 0.512. The van der Waals surface area contributed by atoms with Crippen molar-refractivity contribution in [3.8, 4) is 22.1 Å². The van der Waals surface area contributed by atoms with E-state index >= 15 is 0 Å². The molecule has 6 heteroatoms. The summed E-state index contributed by atoms with van der Waals surface area (Å²) in [5.74, 6) is 4.22. The van der Waals surface area contributed by atoms with Crippen molar-refractivity contribution in [3.05, 3.63) is 29.8 Å². The van der Waals surface area contributed by atoms with Crippen molar-refractivity contribution < 1.29 is 9.47 Å². The Hall–Kier alpha value is -1.53. The van der Waals surface area contributed by atoms with Crippen LogP contribution in [0.25, 0.3) is 10.6 Å². The van der Waals surface area contributed by atoms with Gasteiger partial charge in [-0.05, 0) is 54.7 Å². The zero-order valence-electron chi connectivity index (χ0n) is 16.3. The van der Waals surface area contributed by atoms with E-state index in [-0.39, 0.29) is 0 Å². The number of hydrogen-bond donors (Lipinski definition) is 0. The van der Waals surface area contributed by atoms with Crippen LogP contribution in [0.4, 0.5) is 0 Å². The molecule has 0 amide bonds. The summed E-state index contributed by atoms with van der Waals surface area (Å²) in [6.45, 7) is 4.87. The van der Waals surface area contributed by atoms with E-state index in [4.69, 9.17) is 9.47 Å². The van der Waals surface area contributed by atoms with Gasteiger partial charge in [0.2, 0.25) is 0 Å². The van der Waals surface area contributed by atoms with E-state index < -0.39 is 0 Å². The molecule has 2 aromatic rings. The summed E-state index contributed by atoms with van der Waals surface area (Å²) >= 11 is 3.46. The lowest BCUT2D eigenvalue weighted by Crippen LogP contribution is -2.48. The lowest BCUT2D eigenvalue weighted by atomic mass is 9.48. The highest BCUT2D eigenvalue weighted by Crippen LogP contribution is 2.59. The number of aromatic nitrogens is 2. The maximum atomic E-state index is 5.39. The molecule has 0 N–H and O–H groups in total. The Labute approximate surface area is 169 Å². The fraction of sp³-hybridized carbons (Fsp3) is 0.524. The molecule has 0 aliphatic heterocycles. The molecule has 1 saturated carbocycles. The summed E-state index contributed by atoms with van der Waals surface area (Å²) in [7, 11) is 3.29. The van der Waals surface area contributed by atoms with Crippen molar-refractivity contribution in [2.45, 2.75) is 37.4 Å². The normalized spacial score (nSPS) is 22.7. The lowest BCUT2D eigenvalue weighted by molar-refractivity contribution is -0.00767. The number of benzene rings is 1. The number of nitrogens with zero attached hydrogens (tertiary/aromatic N) is 2. The van der Waals surface area contributed by atoms with Crippen LogP contribution in [-0.4, -0.2) is 30.2 Å². The molecule has 0 spiro atoms. The molecule has 1 aromatic heterocycles. The minimum absolute atomic E-state index is 0.512. The summed E-state index contributed by atoms with van der Waals surface area (Å²) in [5, 5.41) is 9.65. The van der Waals surface area contributed by atoms with Crippen LogP contribution in [0.2, 0.25) is 0 Å². The van der Waals surface area contributed by atoms with Crippen molar-refractivity contribution in [1.82, 2.24) is 10.2 Å². The van der Waals surface area contributed by atoms with Gasteiger partial charge in [-0.1, -0.05) is 48.6 Å². The summed E-state index contributed by atoms with van der Waals surface area (Å²) in [6, 6.07) is 5.86. The molecule has 1 heterocycles. The van der Waals surface area contributed by atoms with Crippen LogP contribution >= 0.6 is 23.1 Å². The molecule has 144 valence electrons. The molecule has 3 aliphatic rings. The van der Waals surface area contributed by atoms with E-state index in [1.54, 1.807) is 31.1 Å². The van der Waals surface area contributed by atoms with Crippen molar-refractivity contribution in [1.29, 1.82) is 0 Å². The maximum absolute atomic E-state index is 5.39. The number of fused-ring (bicyclic) bond motifs is 1. The van der Waals surface area contributed by atoms with Gasteiger partial charge in [-0.25, -0.2) is 0 Å². The Balaban J connectivity index is 1.37. The number of thioether (sulfide) groups is 1. The van der Waals surface area contributed by atoms with Crippen molar-refractivity contribution >= 4 is 23.1 Å². The average molecular weight is 403 g/mol. The number of ether oxygens (including phenoxy) is 2. The summed E-state index contributed by atoms with van der Waals surface area (Å²) in [6.07, 6.45) is 6.33. The minimum Gasteiger partial charge on any atom is -0.493 e. The van der Waals surface area contributed by atoms with Crippen LogP contribution < -0.4 is 9.47 Å². The van der Waals surface area contributed by atoms with E-state index in [9.17, 15) is 0 Å². The van der Waals surface area contributed by atoms with Gasteiger partial charge in [0.1, 0.15) is 5.01 Å². The van der Waals surface area contributed by atoms with Crippen molar-refractivity contribution in [2.75, 3.05) is 20.0 Å². The molecular formula is C21H26N2O2S2. The van der Waals surface area contributed by atoms with Gasteiger partial charge in [0, 0.05) is 11.3 Å². The highest BCUT2D eigenvalue weighted by molar-refractivity contribution is 8.01. The largest absolute Gasteiger partial charge is 0.493 e. The van der Waals surface area contributed by atoms with Crippen molar-refractivity contribution in [2.24, 2.45) is 17.3 Å². The quantitative estimate of drug-likeness (QED) is 0.439. The zero-order chi connectivity index (χ0) is 19.0. The Kier molecular flexibility index (Phi) is 5.21. The lowest BCUT2D eigenvalue weighted by Gasteiger charge is -2.56. The van der Waals surface area contributed by atoms with Gasteiger partial charge >= 0.3 is 0 Å². The van der Waals surface area contributed by atoms with E-state index in [0.29, 0.717) is 11.2 Å². The van der Waals surface area contributed by atoms with Gasteiger partial charge in [-0.15, -0.1) is 10.2 Å². The highest BCUT2D eigenvalue weighted by atomic mass is 32.2. The third-order valence-electron chi connectivity index (χ3n) is 6.24. The van der Waals surface area contributed by atoms with Gasteiger partial charge < -0.3 is 9.47 Å². The van der Waals surface area contributed by atoms with Crippen LogP contribution in [0.1, 0.15) is 33.1 Å². The Morgan fingerprint density at radius 3 is 2.70 bits per heavy atom. The van der Waals surface area contributed by atoms with Crippen LogP contribution in [0, 0.1) is 17.3 Å². The van der Waals surface area contributed by atoms with Gasteiger partial charge in [0.05, 0.1) is 14.2 Å².